The van der Waals surface area contributed by atoms with Crippen LogP contribution >= 0.6 is 11.8 Å². The van der Waals surface area contributed by atoms with E-state index in [4.69, 9.17) is 9.84 Å². The van der Waals surface area contributed by atoms with E-state index in [0.717, 1.165) is 16.7 Å². The second-order valence-electron chi connectivity index (χ2n) is 3.88. The summed E-state index contributed by atoms with van der Waals surface area (Å²) in [4.78, 5) is 15.6. The first kappa shape index (κ1) is 14.1. The fourth-order valence-corrected chi connectivity index (χ4v) is 2.11. The SMILES string of the molecule is CSc1ccccc1Oc1cncc(/C=C/C(=O)O)c1. The third kappa shape index (κ3) is 3.86. The Bertz CT molecular complexity index is 641. The Hall–Kier alpha value is -2.27. The van der Waals surface area contributed by atoms with Crippen LogP contribution in [0.4, 0.5) is 0 Å². The summed E-state index contributed by atoms with van der Waals surface area (Å²) in [5.41, 5.74) is 0.673. The van der Waals surface area contributed by atoms with Crippen LogP contribution in [-0.2, 0) is 4.79 Å². The van der Waals surface area contributed by atoms with E-state index in [1.807, 2.05) is 30.5 Å². The molecule has 0 saturated heterocycles. The molecule has 0 spiro atoms. The number of hydrogen-bond donors (Lipinski definition) is 1. The van der Waals surface area contributed by atoms with Crippen LogP contribution in [0, 0.1) is 0 Å². The van der Waals surface area contributed by atoms with Gasteiger partial charge in [-0.25, -0.2) is 4.79 Å². The Morgan fingerprint density at radius 2 is 2.15 bits per heavy atom. The lowest BCUT2D eigenvalue weighted by Gasteiger charge is -2.09. The summed E-state index contributed by atoms with van der Waals surface area (Å²) < 4.78 is 5.78. The minimum absolute atomic E-state index is 0.569. The fourth-order valence-electron chi connectivity index (χ4n) is 1.58. The van der Waals surface area contributed by atoms with Crippen LogP contribution in [0.15, 0.2) is 53.7 Å². The van der Waals surface area contributed by atoms with Gasteiger partial charge in [0, 0.05) is 17.2 Å². The molecule has 0 bridgehead atoms. The predicted molar refractivity (Wildman–Crippen MR) is 79.2 cm³/mol. The molecular weight excluding hydrogens is 274 g/mol. The van der Waals surface area contributed by atoms with Gasteiger partial charge in [-0.2, -0.15) is 0 Å². The highest BCUT2D eigenvalue weighted by Gasteiger charge is 2.04. The third-order valence-corrected chi connectivity index (χ3v) is 3.23. The van der Waals surface area contributed by atoms with E-state index in [9.17, 15) is 4.79 Å². The van der Waals surface area contributed by atoms with E-state index in [1.54, 1.807) is 30.2 Å². The van der Waals surface area contributed by atoms with Crippen molar-refractivity contribution >= 4 is 23.8 Å². The van der Waals surface area contributed by atoms with Crippen LogP contribution in [0.25, 0.3) is 6.08 Å². The van der Waals surface area contributed by atoms with Gasteiger partial charge in [-0.05, 0) is 36.1 Å². The Morgan fingerprint density at radius 1 is 1.35 bits per heavy atom. The third-order valence-electron chi connectivity index (χ3n) is 2.45. The molecule has 4 nitrogen and oxygen atoms in total. The number of benzene rings is 1. The van der Waals surface area contributed by atoms with Gasteiger partial charge >= 0.3 is 5.97 Å². The number of hydrogen-bond acceptors (Lipinski definition) is 4. The molecule has 0 saturated carbocycles. The van der Waals surface area contributed by atoms with E-state index in [1.165, 1.54) is 6.08 Å². The number of thioether (sulfide) groups is 1. The molecule has 0 atom stereocenters. The normalized spacial score (nSPS) is 10.7. The molecule has 1 heterocycles. The topological polar surface area (TPSA) is 59.4 Å². The maximum absolute atomic E-state index is 10.5. The second-order valence-corrected chi connectivity index (χ2v) is 4.73. The lowest BCUT2D eigenvalue weighted by atomic mass is 10.2. The first-order chi connectivity index (χ1) is 9.69. The molecular formula is C15H13NO3S. The lowest BCUT2D eigenvalue weighted by molar-refractivity contribution is -0.131. The quantitative estimate of drug-likeness (QED) is 0.671. The number of rotatable bonds is 5. The number of ether oxygens (including phenoxy) is 1. The van der Waals surface area contributed by atoms with Crippen LogP contribution in [0.2, 0.25) is 0 Å². The van der Waals surface area contributed by atoms with Crippen molar-refractivity contribution in [1.29, 1.82) is 0 Å². The first-order valence-electron chi connectivity index (χ1n) is 5.86. The van der Waals surface area contributed by atoms with Crippen molar-refractivity contribution in [2.24, 2.45) is 0 Å². The summed E-state index contributed by atoms with van der Waals surface area (Å²) >= 11 is 1.60. The maximum Gasteiger partial charge on any atom is 0.328 e. The van der Waals surface area contributed by atoms with Gasteiger partial charge in [-0.1, -0.05) is 12.1 Å². The van der Waals surface area contributed by atoms with Crippen LogP contribution in [0.5, 0.6) is 11.5 Å². The first-order valence-corrected chi connectivity index (χ1v) is 7.08. The van der Waals surface area contributed by atoms with Crippen molar-refractivity contribution in [3.63, 3.8) is 0 Å². The average molecular weight is 287 g/mol. The number of aliphatic carboxylic acids is 1. The van der Waals surface area contributed by atoms with Crippen LogP contribution in [-0.4, -0.2) is 22.3 Å². The van der Waals surface area contributed by atoms with E-state index >= 15 is 0 Å². The van der Waals surface area contributed by atoms with Gasteiger partial charge in [-0.3, -0.25) is 4.98 Å². The summed E-state index contributed by atoms with van der Waals surface area (Å²) in [6.45, 7) is 0. The van der Waals surface area contributed by atoms with Gasteiger partial charge in [0.25, 0.3) is 0 Å². The molecule has 0 fully saturated rings. The molecule has 2 rings (SSSR count). The van der Waals surface area contributed by atoms with Crippen LogP contribution in [0.1, 0.15) is 5.56 Å². The van der Waals surface area contributed by atoms with Gasteiger partial charge in [0.05, 0.1) is 6.20 Å². The Morgan fingerprint density at radius 3 is 2.90 bits per heavy atom. The molecule has 0 aliphatic heterocycles. The van der Waals surface area contributed by atoms with Gasteiger partial charge in [0.15, 0.2) is 0 Å². The molecule has 0 radical (unpaired) electrons. The Labute approximate surface area is 121 Å². The molecule has 20 heavy (non-hydrogen) atoms. The molecule has 1 N–H and O–H groups in total. The van der Waals surface area contributed by atoms with Crippen molar-refractivity contribution in [3.8, 4) is 11.5 Å². The number of para-hydroxylation sites is 1. The fraction of sp³-hybridized carbons (Fsp3) is 0.0667. The van der Waals surface area contributed by atoms with Crippen LogP contribution in [0.3, 0.4) is 0 Å². The van der Waals surface area contributed by atoms with Crippen LogP contribution < -0.4 is 4.74 Å². The smallest absolute Gasteiger partial charge is 0.328 e. The molecule has 0 amide bonds. The zero-order chi connectivity index (χ0) is 14.4. The van der Waals surface area contributed by atoms with E-state index in [2.05, 4.69) is 4.98 Å². The highest BCUT2D eigenvalue weighted by Crippen LogP contribution is 2.31. The molecule has 1 aromatic heterocycles. The molecule has 5 heteroatoms. The van der Waals surface area contributed by atoms with Crippen molar-refractivity contribution in [3.05, 3.63) is 54.4 Å². The summed E-state index contributed by atoms with van der Waals surface area (Å²) in [5.74, 6) is 0.323. The van der Waals surface area contributed by atoms with Gasteiger partial charge < -0.3 is 9.84 Å². The number of carboxylic acids is 1. The standard InChI is InChI=1S/C15H13NO3S/c1-20-14-5-3-2-4-13(14)19-12-8-11(9-16-10-12)6-7-15(17)18/h2-10H,1H3,(H,17,18)/b7-6+. The zero-order valence-corrected chi connectivity index (χ0v) is 11.6. The van der Waals surface area contributed by atoms with Crippen molar-refractivity contribution in [2.45, 2.75) is 4.90 Å². The average Bonchev–Trinajstić information content (AvgIpc) is 2.46. The van der Waals surface area contributed by atoms with E-state index in [-0.39, 0.29) is 0 Å². The number of carboxylic acid groups (broad SMARTS) is 1. The molecule has 102 valence electrons. The summed E-state index contributed by atoms with van der Waals surface area (Å²) in [6.07, 6.45) is 7.69. The highest BCUT2D eigenvalue weighted by atomic mass is 32.2. The lowest BCUT2D eigenvalue weighted by Crippen LogP contribution is -1.89. The summed E-state index contributed by atoms with van der Waals surface area (Å²) in [5, 5.41) is 8.61. The summed E-state index contributed by atoms with van der Waals surface area (Å²) in [7, 11) is 0. The largest absolute Gasteiger partial charge is 0.478 e. The van der Waals surface area contributed by atoms with Crippen molar-refractivity contribution in [1.82, 2.24) is 4.98 Å². The Kier molecular flexibility index (Phi) is 4.79. The van der Waals surface area contributed by atoms with Crippen molar-refractivity contribution in [2.75, 3.05) is 6.26 Å². The highest BCUT2D eigenvalue weighted by molar-refractivity contribution is 7.98. The number of carbonyl (C=O) groups is 1. The minimum atomic E-state index is -0.996. The van der Waals surface area contributed by atoms with Crippen molar-refractivity contribution < 1.29 is 14.6 Å². The number of aromatic nitrogens is 1. The molecule has 2 aromatic rings. The number of nitrogens with zero attached hydrogens (tertiary/aromatic N) is 1. The summed E-state index contributed by atoms with van der Waals surface area (Å²) in [6, 6.07) is 9.44. The molecule has 1 aromatic carbocycles. The second kappa shape index (κ2) is 6.77. The van der Waals surface area contributed by atoms with Gasteiger partial charge in [-0.15, -0.1) is 11.8 Å². The predicted octanol–water partition coefficient (Wildman–Crippen LogP) is 3.69. The van der Waals surface area contributed by atoms with E-state index in [0.29, 0.717) is 11.3 Å². The molecule has 0 unspecified atom stereocenters. The van der Waals surface area contributed by atoms with Gasteiger partial charge in [0.2, 0.25) is 0 Å². The Balaban J connectivity index is 2.21. The number of pyridine rings is 1. The minimum Gasteiger partial charge on any atom is -0.478 e. The molecule has 0 aliphatic carbocycles. The van der Waals surface area contributed by atoms with E-state index < -0.39 is 5.97 Å². The maximum atomic E-state index is 10.5. The van der Waals surface area contributed by atoms with Gasteiger partial charge in [0.1, 0.15) is 11.5 Å². The zero-order valence-electron chi connectivity index (χ0n) is 10.8. The molecule has 0 aliphatic rings. The monoisotopic (exact) mass is 287 g/mol.